The van der Waals surface area contributed by atoms with Crippen LogP contribution in [0.15, 0.2) is 0 Å². The van der Waals surface area contributed by atoms with Gasteiger partial charge in [-0.15, -0.1) is 0 Å². The Morgan fingerprint density at radius 3 is 2.47 bits per heavy atom. The summed E-state index contributed by atoms with van der Waals surface area (Å²) in [6.45, 7) is 8.19. The smallest absolute Gasteiger partial charge is 0.222 e. The van der Waals surface area contributed by atoms with Crippen LogP contribution in [-0.4, -0.2) is 43.7 Å². The molecule has 4 nitrogen and oxygen atoms in total. The summed E-state index contributed by atoms with van der Waals surface area (Å²) in [4.78, 5) is 13.7. The average Bonchev–Trinajstić information content (AvgIpc) is 2.35. The maximum atomic E-state index is 12.0. The Bertz CT molecular complexity index is 226. The van der Waals surface area contributed by atoms with Crippen molar-refractivity contribution in [1.82, 2.24) is 4.90 Å². The van der Waals surface area contributed by atoms with Crippen LogP contribution in [0.5, 0.6) is 0 Å². The normalized spacial score (nSPS) is 12.7. The van der Waals surface area contributed by atoms with Crippen molar-refractivity contribution in [1.29, 1.82) is 0 Å². The fourth-order valence-electron chi connectivity index (χ4n) is 2.15. The number of hydrogen-bond acceptors (Lipinski definition) is 3. The van der Waals surface area contributed by atoms with Gasteiger partial charge in [-0.05, 0) is 39.2 Å². The third kappa shape index (κ3) is 9.91. The molecule has 114 valence electrons. The van der Waals surface area contributed by atoms with Gasteiger partial charge in [0, 0.05) is 20.0 Å². The number of carbonyl (C=O) groups is 1. The van der Waals surface area contributed by atoms with Gasteiger partial charge in [0.2, 0.25) is 5.91 Å². The average molecular weight is 272 g/mol. The second-order valence-corrected chi connectivity index (χ2v) is 5.51. The Morgan fingerprint density at radius 1 is 1.26 bits per heavy atom. The highest BCUT2D eigenvalue weighted by Crippen LogP contribution is 2.17. The Morgan fingerprint density at radius 2 is 1.95 bits per heavy atom. The quantitative estimate of drug-likeness (QED) is 0.628. The van der Waals surface area contributed by atoms with Crippen LogP contribution in [0, 0.1) is 5.92 Å². The minimum atomic E-state index is 0.213. The van der Waals surface area contributed by atoms with Crippen LogP contribution < -0.4 is 5.73 Å². The molecule has 0 aromatic heterocycles. The van der Waals surface area contributed by atoms with Crippen LogP contribution in [-0.2, 0) is 9.53 Å². The molecule has 0 aromatic carbocycles. The van der Waals surface area contributed by atoms with E-state index in [1.807, 2.05) is 20.9 Å². The van der Waals surface area contributed by atoms with Crippen LogP contribution in [0.25, 0.3) is 0 Å². The number of rotatable bonds is 11. The zero-order valence-corrected chi connectivity index (χ0v) is 13.2. The van der Waals surface area contributed by atoms with E-state index >= 15 is 0 Å². The molecule has 4 heteroatoms. The van der Waals surface area contributed by atoms with Gasteiger partial charge in [-0.25, -0.2) is 0 Å². The number of nitrogens with two attached hydrogens (primary N) is 1. The zero-order chi connectivity index (χ0) is 14.7. The second kappa shape index (κ2) is 11.2. The number of nitrogens with zero attached hydrogens (tertiary/aromatic N) is 1. The molecule has 1 atom stereocenters. The van der Waals surface area contributed by atoms with E-state index in [-0.39, 0.29) is 12.0 Å². The summed E-state index contributed by atoms with van der Waals surface area (Å²) in [7, 11) is 1.85. The van der Waals surface area contributed by atoms with Gasteiger partial charge in [0.25, 0.3) is 0 Å². The number of ether oxygens (including phenoxy) is 1. The Hall–Kier alpha value is -0.610. The summed E-state index contributed by atoms with van der Waals surface area (Å²) < 4.78 is 5.45. The lowest BCUT2D eigenvalue weighted by Gasteiger charge is -2.20. The fourth-order valence-corrected chi connectivity index (χ4v) is 2.15. The van der Waals surface area contributed by atoms with Gasteiger partial charge in [-0.3, -0.25) is 4.79 Å². The summed E-state index contributed by atoms with van der Waals surface area (Å²) in [6.07, 6.45) is 5.17. The van der Waals surface area contributed by atoms with Crippen LogP contribution >= 0.6 is 0 Å². The lowest BCUT2D eigenvalue weighted by Crippen LogP contribution is -2.31. The Balaban J connectivity index is 3.86. The summed E-state index contributed by atoms with van der Waals surface area (Å²) in [5.74, 6) is 0.810. The first-order chi connectivity index (χ1) is 9.01. The Labute approximate surface area is 118 Å². The van der Waals surface area contributed by atoms with Crippen LogP contribution in [0.1, 0.15) is 52.9 Å². The molecule has 2 N–H and O–H groups in total. The van der Waals surface area contributed by atoms with Crippen LogP contribution in [0.3, 0.4) is 0 Å². The SMILES string of the molecule is CCCC(CCN)CCC(=O)N(C)CCOC(C)C. The minimum Gasteiger partial charge on any atom is -0.377 e. The maximum absolute atomic E-state index is 12.0. The third-order valence-corrected chi connectivity index (χ3v) is 3.34. The first kappa shape index (κ1) is 18.4. The van der Waals surface area contributed by atoms with Gasteiger partial charge in [0.1, 0.15) is 0 Å². The van der Waals surface area contributed by atoms with Crippen molar-refractivity contribution in [2.45, 2.75) is 59.0 Å². The van der Waals surface area contributed by atoms with Gasteiger partial charge in [-0.2, -0.15) is 0 Å². The minimum absolute atomic E-state index is 0.213. The van der Waals surface area contributed by atoms with Gasteiger partial charge in [0.15, 0.2) is 0 Å². The highest BCUT2D eigenvalue weighted by molar-refractivity contribution is 5.75. The van der Waals surface area contributed by atoms with Gasteiger partial charge in [-0.1, -0.05) is 19.8 Å². The Kier molecular flexibility index (Phi) is 10.9. The summed E-state index contributed by atoms with van der Waals surface area (Å²) in [5.41, 5.74) is 5.61. The van der Waals surface area contributed by atoms with Crippen molar-refractivity contribution in [2.24, 2.45) is 11.7 Å². The molecule has 0 heterocycles. The van der Waals surface area contributed by atoms with E-state index in [0.29, 0.717) is 25.5 Å². The molecule has 19 heavy (non-hydrogen) atoms. The monoisotopic (exact) mass is 272 g/mol. The van der Waals surface area contributed by atoms with Crippen LogP contribution in [0.4, 0.5) is 0 Å². The highest BCUT2D eigenvalue weighted by Gasteiger charge is 2.13. The molecule has 0 aromatic rings. The van der Waals surface area contributed by atoms with E-state index in [0.717, 1.165) is 25.8 Å². The molecule has 0 bridgehead atoms. The molecule has 1 amide bonds. The third-order valence-electron chi connectivity index (χ3n) is 3.34. The second-order valence-electron chi connectivity index (χ2n) is 5.51. The van der Waals surface area contributed by atoms with Crippen molar-refractivity contribution in [3.05, 3.63) is 0 Å². The molecule has 0 aliphatic rings. The van der Waals surface area contributed by atoms with E-state index in [2.05, 4.69) is 6.92 Å². The lowest BCUT2D eigenvalue weighted by atomic mass is 9.94. The van der Waals surface area contributed by atoms with Crippen molar-refractivity contribution in [3.63, 3.8) is 0 Å². The predicted molar refractivity (Wildman–Crippen MR) is 80.0 cm³/mol. The van der Waals surface area contributed by atoms with Crippen LogP contribution in [0.2, 0.25) is 0 Å². The number of carbonyl (C=O) groups excluding carboxylic acids is 1. The molecule has 0 radical (unpaired) electrons. The molecule has 0 saturated carbocycles. The van der Waals surface area contributed by atoms with Crippen molar-refractivity contribution in [2.75, 3.05) is 26.7 Å². The molecule has 0 aliphatic heterocycles. The van der Waals surface area contributed by atoms with E-state index in [1.165, 1.54) is 6.42 Å². The molecular formula is C15H32N2O2. The van der Waals surface area contributed by atoms with E-state index in [1.54, 1.807) is 4.90 Å². The fraction of sp³-hybridized carbons (Fsp3) is 0.933. The van der Waals surface area contributed by atoms with Gasteiger partial charge >= 0.3 is 0 Å². The van der Waals surface area contributed by atoms with Crippen molar-refractivity contribution in [3.8, 4) is 0 Å². The van der Waals surface area contributed by atoms with Crippen molar-refractivity contribution < 1.29 is 9.53 Å². The standard InChI is InChI=1S/C15H32N2O2/c1-5-6-14(9-10-16)7-8-15(18)17(4)11-12-19-13(2)3/h13-14H,5-12,16H2,1-4H3. The van der Waals surface area contributed by atoms with E-state index < -0.39 is 0 Å². The number of likely N-dealkylation sites (N-methyl/N-ethyl adjacent to an activating group) is 1. The first-order valence-corrected chi connectivity index (χ1v) is 7.56. The molecular weight excluding hydrogens is 240 g/mol. The molecule has 1 unspecified atom stereocenters. The molecule has 0 aliphatic carbocycles. The molecule has 0 saturated heterocycles. The first-order valence-electron chi connectivity index (χ1n) is 7.56. The number of amides is 1. The van der Waals surface area contributed by atoms with E-state index in [9.17, 15) is 4.79 Å². The molecule has 0 rings (SSSR count). The maximum Gasteiger partial charge on any atom is 0.222 e. The number of hydrogen-bond donors (Lipinski definition) is 1. The molecule has 0 spiro atoms. The highest BCUT2D eigenvalue weighted by atomic mass is 16.5. The van der Waals surface area contributed by atoms with E-state index in [4.69, 9.17) is 10.5 Å². The van der Waals surface area contributed by atoms with Gasteiger partial charge < -0.3 is 15.4 Å². The molecule has 0 fully saturated rings. The topological polar surface area (TPSA) is 55.6 Å². The van der Waals surface area contributed by atoms with Gasteiger partial charge in [0.05, 0.1) is 12.7 Å². The summed E-state index contributed by atoms with van der Waals surface area (Å²) >= 11 is 0. The van der Waals surface area contributed by atoms with Crippen molar-refractivity contribution >= 4 is 5.91 Å². The predicted octanol–water partition coefficient (Wildman–Crippen LogP) is 2.42. The summed E-state index contributed by atoms with van der Waals surface area (Å²) in [6, 6.07) is 0. The lowest BCUT2D eigenvalue weighted by molar-refractivity contribution is -0.131. The largest absolute Gasteiger partial charge is 0.377 e. The zero-order valence-electron chi connectivity index (χ0n) is 13.2. The summed E-state index contributed by atoms with van der Waals surface area (Å²) in [5, 5.41) is 0.